The second-order valence-corrected chi connectivity index (χ2v) is 9.09. The van der Waals surface area contributed by atoms with Gasteiger partial charge in [-0.3, -0.25) is 24.4 Å². The number of nitrogens with one attached hydrogen (secondary N) is 3. The van der Waals surface area contributed by atoms with Crippen molar-refractivity contribution in [3.05, 3.63) is 69.6 Å². The van der Waals surface area contributed by atoms with E-state index in [1.54, 1.807) is 36.4 Å². The predicted molar refractivity (Wildman–Crippen MR) is 149 cm³/mol. The van der Waals surface area contributed by atoms with E-state index in [-0.39, 0.29) is 54.3 Å². The monoisotopic (exact) mass is 535 g/mol. The molecule has 3 rings (SSSR count). The van der Waals surface area contributed by atoms with E-state index in [4.69, 9.17) is 26.4 Å². The number of anilines is 2. The number of hydrogen-bond donors (Lipinski definition) is 5. The molecule has 1 amide bonds. The minimum Gasteiger partial charge on any atom is -0.494 e. The fourth-order valence-corrected chi connectivity index (χ4v) is 3.91. The van der Waals surface area contributed by atoms with Crippen molar-refractivity contribution in [2.75, 3.05) is 25.3 Å². The van der Waals surface area contributed by atoms with E-state index in [1.165, 1.54) is 25.0 Å². The maximum absolute atomic E-state index is 13.5. The number of amidine groups is 1. The van der Waals surface area contributed by atoms with Crippen LogP contribution in [0.15, 0.2) is 47.4 Å². The average Bonchev–Trinajstić information content (AvgIpc) is 2.89. The molecule has 0 aliphatic rings. The summed E-state index contributed by atoms with van der Waals surface area (Å²) in [4.78, 5) is 42.7. The van der Waals surface area contributed by atoms with E-state index in [0.29, 0.717) is 16.7 Å². The molecule has 0 radical (unpaired) electrons. The fourth-order valence-electron chi connectivity index (χ4n) is 3.91. The number of hydrogen-bond acceptors (Lipinski definition) is 9. The standard InChI is InChI=1S/C27H33N7O5/c1-15(2)33-26-27(37)34(14-22(35)31-12-16-5-7-18(8-6-16)25(29)30)21(13-32-26)19-9-17(11-23(36)38-3)10-20(28)24(19)39-4/h5-10,13,15H,11-12,14,28H2,1-4H3,(H3,29,30)(H,31,35)(H,32,33). The van der Waals surface area contributed by atoms with Crippen molar-refractivity contribution in [1.82, 2.24) is 14.9 Å². The summed E-state index contributed by atoms with van der Waals surface area (Å²) in [6, 6.07) is 10.1. The van der Waals surface area contributed by atoms with Crippen molar-refractivity contribution in [1.29, 1.82) is 5.41 Å². The lowest BCUT2D eigenvalue weighted by Crippen LogP contribution is -2.35. The molecule has 12 nitrogen and oxygen atoms in total. The van der Waals surface area contributed by atoms with Gasteiger partial charge in [-0.1, -0.05) is 24.3 Å². The number of nitrogens with two attached hydrogens (primary N) is 2. The molecule has 0 spiro atoms. The summed E-state index contributed by atoms with van der Waals surface area (Å²) >= 11 is 0. The smallest absolute Gasteiger partial charge is 0.309 e. The molecule has 0 atom stereocenters. The summed E-state index contributed by atoms with van der Waals surface area (Å²) in [5.41, 5.74) is 14.0. The number of esters is 1. The van der Waals surface area contributed by atoms with Crippen LogP contribution in [0.4, 0.5) is 11.5 Å². The second-order valence-electron chi connectivity index (χ2n) is 9.09. The van der Waals surface area contributed by atoms with Crippen LogP contribution in [0.25, 0.3) is 11.3 Å². The molecule has 1 aromatic heterocycles. The molecule has 12 heteroatoms. The first-order chi connectivity index (χ1) is 18.5. The number of methoxy groups -OCH3 is 2. The van der Waals surface area contributed by atoms with E-state index in [0.717, 1.165) is 5.56 Å². The molecule has 206 valence electrons. The van der Waals surface area contributed by atoms with Gasteiger partial charge >= 0.3 is 5.97 Å². The van der Waals surface area contributed by atoms with Gasteiger partial charge in [0.25, 0.3) is 5.56 Å². The van der Waals surface area contributed by atoms with Gasteiger partial charge in [-0.05, 0) is 37.1 Å². The number of benzene rings is 2. The van der Waals surface area contributed by atoms with Crippen molar-refractivity contribution in [3.63, 3.8) is 0 Å². The molecule has 0 bridgehead atoms. The summed E-state index contributed by atoms with van der Waals surface area (Å²) in [5.74, 6) is -0.581. The first-order valence-electron chi connectivity index (χ1n) is 12.1. The van der Waals surface area contributed by atoms with Crippen LogP contribution in [-0.4, -0.2) is 47.5 Å². The minimum atomic E-state index is -0.513. The van der Waals surface area contributed by atoms with Gasteiger partial charge in [0, 0.05) is 23.7 Å². The summed E-state index contributed by atoms with van der Waals surface area (Å²) < 4.78 is 11.6. The number of ether oxygens (including phenoxy) is 2. The lowest BCUT2D eigenvalue weighted by Gasteiger charge is -2.19. The maximum atomic E-state index is 13.5. The van der Waals surface area contributed by atoms with E-state index < -0.39 is 17.4 Å². The molecular weight excluding hydrogens is 502 g/mol. The van der Waals surface area contributed by atoms with Crippen molar-refractivity contribution in [2.45, 2.75) is 39.4 Å². The van der Waals surface area contributed by atoms with Crippen LogP contribution in [-0.2, 0) is 33.8 Å². The summed E-state index contributed by atoms with van der Waals surface area (Å²) in [6.07, 6.45) is 1.41. The number of nitrogen functional groups attached to an aromatic ring is 2. The molecule has 0 saturated heterocycles. The normalized spacial score (nSPS) is 10.7. The average molecular weight is 536 g/mol. The Kier molecular flexibility index (Phi) is 9.26. The third kappa shape index (κ3) is 7.12. The van der Waals surface area contributed by atoms with Gasteiger partial charge < -0.3 is 31.6 Å². The van der Waals surface area contributed by atoms with Gasteiger partial charge in [-0.2, -0.15) is 0 Å². The fraction of sp³-hybridized carbons (Fsp3) is 0.296. The van der Waals surface area contributed by atoms with Crippen LogP contribution in [0, 0.1) is 5.41 Å². The first-order valence-corrected chi connectivity index (χ1v) is 12.1. The largest absolute Gasteiger partial charge is 0.494 e. The highest BCUT2D eigenvalue weighted by atomic mass is 16.5. The molecule has 39 heavy (non-hydrogen) atoms. The topological polar surface area (TPSA) is 187 Å². The van der Waals surface area contributed by atoms with Gasteiger partial charge in [0.05, 0.1) is 38.2 Å². The first kappa shape index (κ1) is 28.7. The van der Waals surface area contributed by atoms with Crippen molar-refractivity contribution in [3.8, 4) is 17.0 Å². The predicted octanol–water partition coefficient (Wildman–Crippen LogP) is 1.64. The van der Waals surface area contributed by atoms with Gasteiger partial charge in [0.1, 0.15) is 12.4 Å². The van der Waals surface area contributed by atoms with E-state index in [9.17, 15) is 14.4 Å². The van der Waals surface area contributed by atoms with E-state index >= 15 is 0 Å². The quantitative estimate of drug-likeness (QED) is 0.105. The molecule has 0 fully saturated rings. The molecule has 2 aromatic carbocycles. The Morgan fingerprint density at radius 3 is 2.41 bits per heavy atom. The Balaban J connectivity index is 2.01. The number of carbonyl (C=O) groups is 2. The highest BCUT2D eigenvalue weighted by Crippen LogP contribution is 2.36. The molecule has 0 unspecified atom stereocenters. The Bertz CT molecular complexity index is 1430. The van der Waals surface area contributed by atoms with Gasteiger partial charge in [-0.25, -0.2) is 4.98 Å². The SMILES string of the molecule is COC(=O)Cc1cc(N)c(OC)c(-c2cnc(NC(C)C)c(=O)n2CC(=O)NCc2ccc(C(=N)N)cc2)c1. The Labute approximate surface area is 225 Å². The van der Waals surface area contributed by atoms with Gasteiger partial charge in [0.15, 0.2) is 11.6 Å². The maximum Gasteiger partial charge on any atom is 0.309 e. The molecular formula is C27H33N7O5. The van der Waals surface area contributed by atoms with Gasteiger partial charge in [-0.15, -0.1) is 0 Å². The van der Waals surface area contributed by atoms with Crippen LogP contribution >= 0.6 is 0 Å². The van der Waals surface area contributed by atoms with Crippen LogP contribution < -0.4 is 32.4 Å². The zero-order chi connectivity index (χ0) is 28.7. The zero-order valence-electron chi connectivity index (χ0n) is 22.3. The van der Waals surface area contributed by atoms with Crippen LogP contribution in [0.3, 0.4) is 0 Å². The Hall–Kier alpha value is -4.87. The van der Waals surface area contributed by atoms with E-state index in [1.807, 2.05) is 13.8 Å². The summed E-state index contributed by atoms with van der Waals surface area (Å²) in [6.45, 7) is 3.61. The van der Waals surface area contributed by atoms with Crippen molar-refractivity contribution in [2.24, 2.45) is 5.73 Å². The number of carbonyl (C=O) groups excluding carboxylic acids is 2. The Morgan fingerprint density at radius 1 is 1.13 bits per heavy atom. The minimum absolute atomic E-state index is 0.0484. The van der Waals surface area contributed by atoms with Gasteiger partial charge in [0.2, 0.25) is 5.91 Å². The third-order valence-corrected chi connectivity index (χ3v) is 5.77. The van der Waals surface area contributed by atoms with Crippen molar-refractivity contribution >= 4 is 29.2 Å². The molecule has 7 N–H and O–H groups in total. The highest BCUT2D eigenvalue weighted by Gasteiger charge is 2.21. The lowest BCUT2D eigenvalue weighted by atomic mass is 10.0. The van der Waals surface area contributed by atoms with Crippen LogP contribution in [0.1, 0.15) is 30.5 Å². The van der Waals surface area contributed by atoms with Crippen LogP contribution in [0.5, 0.6) is 5.75 Å². The highest BCUT2D eigenvalue weighted by molar-refractivity contribution is 5.94. The Morgan fingerprint density at radius 2 is 1.82 bits per heavy atom. The van der Waals surface area contributed by atoms with Crippen LogP contribution in [0.2, 0.25) is 0 Å². The summed E-state index contributed by atoms with van der Waals surface area (Å²) in [5, 5.41) is 13.3. The number of amides is 1. The van der Waals surface area contributed by atoms with E-state index in [2.05, 4.69) is 15.6 Å². The summed E-state index contributed by atoms with van der Waals surface area (Å²) in [7, 11) is 2.72. The number of nitrogens with zero attached hydrogens (tertiary/aromatic N) is 2. The zero-order valence-corrected chi connectivity index (χ0v) is 22.3. The number of rotatable bonds is 11. The molecule has 1 heterocycles. The molecule has 0 saturated carbocycles. The molecule has 3 aromatic rings. The number of aromatic nitrogens is 2. The molecule has 0 aliphatic carbocycles. The van der Waals surface area contributed by atoms with Crippen molar-refractivity contribution < 1.29 is 19.1 Å². The second kappa shape index (κ2) is 12.6. The third-order valence-electron chi connectivity index (χ3n) is 5.77. The molecule has 0 aliphatic heterocycles. The lowest BCUT2D eigenvalue weighted by molar-refractivity contribution is -0.139.